The summed E-state index contributed by atoms with van der Waals surface area (Å²) < 4.78 is 39.6. The van der Waals surface area contributed by atoms with Gasteiger partial charge in [-0.3, -0.25) is 4.79 Å². The second-order valence-electron chi connectivity index (χ2n) is 13.1. The lowest BCUT2D eigenvalue weighted by atomic mass is 9.97. The topological polar surface area (TPSA) is 349 Å². The summed E-state index contributed by atoms with van der Waals surface area (Å²) in [6.07, 6.45) is -26.2. The predicted molar refractivity (Wildman–Crippen MR) is 173 cm³/mol. The van der Waals surface area contributed by atoms with Crippen LogP contribution in [0.1, 0.15) is 6.92 Å². The van der Waals surface area contributed by atoms with Gasteiger partial charge in [0.1, 0.15) is 89.6 Å². The average molecular weight is 773 g/mol. The van der Waals surface area contributed by atoms with Crippen molar-refractivity contribution < 1.29 is 99.2 Å². The fourth-order valence-electron chi connectivity index (χ4n) is 6.30. The van der Waals surface area contributed by atoms with Crippen LogP contribution < -0.4 is 10.2 Å². The lowest BCUT2D eigenvalue weighted by Crippen LogP contribution is -2.65. The monoisotopic (exact) mass is 772 g/mol. The third-order valence-electron chi connectivity index (χ3n) is 9.41. The van der Waals surface area contributed by atoms with Crippen molar-refractivity contribution in [2.75, 3.05) is 13.2 Å². The largest absolute Gasteiger partial charge is 0.508 e. The maximum Gasteiger partial charge on any atom is 0.239 e. The number of fused-ring (bicyclic) bond motifs is 1. The summed E-state index contributed by atoms with van der Waals surface area (Å²) >= 11 is 0. The van der Waals surface area contributed by atoms with E-state index in [1.807, 2.05) is 0 Å². The third-order valence-corrected chi connectivity index (χ3v) is 9.41. The molecule has 0 unspecified atom stereocenters. The molecule has 15 atom stereocenters. The summed E-state index contributed by atoms with van der Waals surface area (Å²) in [4.78, 5) is 13.8. The second-order valence-corrected chi connectivity index (χ2v) is 13.1. The van der Waals surface area contributed by atoms with Gasteiger partial charge in [0.05, 0.1) is 19.3 Å². The van der Waals surface area contributed by atoms with Crippen molar-refractivity contribution in [2.45, 2.75) is 99.0 Å². The van der Waals surface area contributed by atoms with Crippen molar-refractivity contribution >= 4 is 11.0 Å². The first-order chi connectivity index (χ1) is 25.5. The predicted octanol–water partition coefficient (Wildman–Crippen LogP) is -3.86. The van der Waals surface area contributed by atoms with E-state index < -0.39 is 151 Å². The van der Waals surface area contributed by atoms with Crippen molar-refractivity contribution in [3.63, 3.8) is 0 Å². The molecule has 21 nitrogen and oxygen atoms in total. The number of ether oxygens (including phenoxy) is 6. The highest BCUT2D eigenvalue weighted by Gasteiger charge is 2.52. The highest BCUT2D eigenvalue weighted by Crippen LogP contribution is 2.40. The van der Waals surface area contributed by atoms with Crippen molar-refractivity contribution in [1.82, 2.24) is 0 Å². The van der Waals surface area contributed by atoms with Gasteiger partial charge in [-0.25, -0.2) is 0 Å². The number of aliphatic hydroxyl groups is 9. The van der Waals surface area contributed by atoms with Crippen LogP contribution in [0.5, 0.6) is 28.7 Å². The van der Waals surface area contributed by atoms with E-state index in [1.165, 1.54) is 13.0 Å². The molecule has 21 heteroatoms. The molecule has 3 saturated heterocycles. The Balaban J connectivity index is 1.28. The van der Waals surface area contributed by atoms with Crippen LogP contribution in [0, 0.1) is 0 Å². The first kappa shape index (κ1) is 39.8. The quantitative estimate of drug-likeness (QED) is 0.0925. The Morgan fingerprint density at radius 2 is 1.31 bits per heavy atom. The maximum atomic E-state index is 13.8. The molecule has 3 aromatic rings. The van der Waals surface area contributed by atoms with Crippen LogP contribution in [0.3, 0.4) is 0 Å². The molecule has 3 aliphatic rings. The van der Waals surface area contributed by atoms with Crippen LogP contribution in [-0.4, -0.2) is 172 Å². The van der Waals surface area contributed by atoms with Gasteiger partial charge >= 0.3 is 0 Å². The Kier molecular flexibility index (Phi) is 11.5. The number of aliphatic hydroxyl groups excluding tert-OH is 9. The second kappa shape index (κ2) is 15.7. The number of rotatable bonds is 9. The Hall–Kier alpha value is -3.91. The van der Waals surface area contributed by atoms with Gasteiger partial charge in [-0.1, -0.05) is 0 Å². The van der Waals surface area contributed by atoms with Crippen LogP contribution in [0.2, 0.25) is 0 Å². The van der Waals surface area contributed by atoms with E-state index in [0.717, 1.165) is 24.3 Å². The standard InChI is InChI=1S/C33H40O21/c1-9-19(39)23(43)26(46)31(49-9)54-30-25(45)20(40)16(7-34)51-33(30)48-8-17-21(41)24(44)27(47)32(52-17)53-29-22(42)18-14(38)5-11(35)6-15(18)50-28(29)10-2-3-12(36)13(37)4-10/h2-6,9,16-17,19-21,23-27,30-41,43-47H,7-8H2,1H3/t9-,16+,17-,19+,20-,21+,23+,24+,25+,26+,27-,30+,31+,32+,33-/m1/s1. The molecule has 0 spiro atoms. The van der Waals surface area contributed by atoms with Crippen molar-refractivity contribution in [1.29, 1.82) is 0 Å². The smallest absolute Gasteiger partial charge is 0.239 e. The first-order valence-corrected chi connectivity index (χ1v) is 16.5. The van der Waals surface area contributed by atoms with Gasteiger partial charge in [-0.15, -0.1) is 0 Å². The zero-order valence-electron chi connectivity index (χ0n) is 28.0. The van der Waals surface area contributed by atoms with E-state index in [4.69, 9.17) is 32.8 Å². The normalized spacial score (nSPS) is 37.3. The first-order valence-electron chi connectivity index (χ1n) is 16.5. The Morgan fingerprint density at radius 1 is 0.667 bits per heavy atom. The average Bonchev–Trinajstić information content (AvgIpc) is 3.13. The molecule has 0 amide bonds. The molecule has 1 aromatic heterocycles. The van der Waals surface area contributed by atoms with Crippen LogP contribution in [0.25, 0.3) is 22.3 Å². The minimum atomic E-state index is -2.08. The Morgan fingerprint density at radius 3 is 2.00 bits per heavy atom. The number of aromatic hydroxyl groups is 4. The van der Waals surface area contributed by atoms with Crippen LogP contribution in [-0.2, 0) is 23.7 Å². The highest BCUT2D eigenvalue weighted by molar-refractivity contribution is 5.88. The van der Waals surface area contributed by atoms with Gasteiger partial charge in [0.2, 0.25) is 17.5 Å². The van der Waals surface area contributed by atoms with Crippen LogP contribution in [0.15, 0.2) is 39.5 Å². The molecule has 298 valence electrons. The van der Waals surface area contributed by atoms with Gasteiger partial charge in [0, 0.05) is 17.7 Å². The van der Waals surface area contributed by atoms with E-state index in [9.17, 15) is 71.2 Å². The van der Waals surface area contributed by atoms with Gasteiger partial charge in [-0.2, -0.15) is 0 Å². The lowest BCUT2D eigenvalue weighted by molar-refractivity contribution is -0.369. The lowest BCUT2D eigenvalue weighted by Gasteiger charge is -2.46. The zero-order chi connectivity index (χ0) is 39.3. The third kappa shape index (κ3) is 7.39. The summed E-state index contributed by atoms with van der Waals surface area (Å²) in [6.45, 7) is -0.252. The summed E-state index contributed by atoms with van der Waals surface area (Å²) in [6, 6.07) is 5.07. The molecule has 0 saturated carbocycles. The van der Waals surface area contributed by atoms with E-state index in [0.29, 0.717) is 0 Å². The van der Waals surface area contributed by atoms with Crippen molar-refractivity contribution in [2.24, 2.45) is 0 Å². The van der Waals surface area contributed by atoms with Crippen LogP contribution >= 0.6 is 0 Å². The summed E-state index contributed by atoms with van der Waals surface area (Å²) in [7, 11) is 0. The molecule has 4 heterocycles. The fourth-order valence-corrected chi connectivity index (χ4v) is 6.30. The SMILES string of the molecule is C[C@H]1O[C@@H](O[C@@H]2[C@H](OC[C@H]3O[C@@H](Oc4c(-c5ccc(O)c(O)c5)oc5cc(O)cc(O)c5c4=O)[C@H](O)[C@@H](O)[C@H]3O)O[C@@H](CO)[C@@H](O)[C@@H]2O)[C@@H](O)[C@@H](O)[C@H]1O. The molecule has 0 radical (unpaired) electrons. The minimum Gasteiger partial charge on any atom is -0.508 e. The van der Waals surface area contributed by atoms with Gasteiger partial charge in [-0.05, 0) is 25.1 Å². The van der Waals surface area contributed by atoms with Gasteiger partial charge in [0.25, 0.3) is 0 Å². The van der Waals surface area contributed by atoms with E-state index in [-0.39, 0.29) is 11.1 Å². The van der Waals surface area contributed by atoms with Crippen molar-refractivity contribution in [3.8, 4) is 40.1 Å². The molecule has 13 N–H and O–H groups in total. The van der Waals surface area contributed by atoms with Crippen LogP contribution in [0.4, 0.5) is 0 Å². The molecule has 0 aliphatic carbocycles. The number of hydrogen-bond donors (Lipinski definition) is 13. The zero-order valence-corrected chi connectivity index (χ0v) is 28.0. The minimum absolute atomic E-state index is 0.0870. The Bertz CT molecular complexity index is 1850. The van der Waals surface area contributed by atoms with Gasteiger partial charge in [0.15, 0.2) is 29.8 Å². The summed E-state index contributed by atoms with van der Waals surface area (Å²) in [5.41, 5.74) is -1.52. The van der Waals surface area contributed by atoms with E-state index >= 15 is 0 Å². The number of phenols is 4. The molecule has 2 aromatic carbocycles. The molecular formula is C33H40O21. The molecule has 0 bridgehead atoms. The van der Waals surface area contributed by atoms with Gasteiger partial charge < -0.3 is 99.2 Å². The summed E-state index contributed by atoms with van der Waals surface area (Å²) in [5.74, 6) is -3.64. The molecule has 3 aliphatic heterocycles. The molecular weight excluding hydrogens is 732 g/mol. The number of hydrogen-bond acceptors (Lipinski definition) is 21. The molecule has 54 heavy (non-hydrogen) atoms. The molecule has 3 fully saturated rings. The fraction of sp³-hybridized carbons (Fsp3) is 0.545. The van der Waals surface area contributed by atoms with E-state index in [2.05, 4.69) is 0 Å². The van der Waals surface area contributed by atoms with E-state index in [1.54, 1.807) is 0 Å². The molecule has 6 rings (SSSR count). The maximum absolute atomic E-state index is 13.8. The Labute approximate surface area is 303 Å². The number of benzene rings is 2. The highest BCUT2D eigenvalue weighted by atomic mass is 16.8. The van der Waals surface area contributed by atoms with Crippen molar-refractivity contribution in [3.05, 3.63) is 40.6 Å². The number of phenolic OH excluding ortho intramolecular Hbond substituents is 4. The summed E-state index contributed by atoms with van der Waals surface area (Å²) in [5, 5.41) is 134.